The van der Waals surface area contributed by atoms with Crippen molar-refractivity contribution in [1.29, 1.82) is 5.41 Å². The summed E-state index contributed by atoms with van der Waals surface area (Å²) in [4.78, 5) is 54.7. The molecule has 61 heavy (non-hydrogen) atoms. The zero-order valence-electron chi connectivity index (χ0n) is 36.0. The molecular weight excluding hydrogens is 818 g/mol. The van der Waals surface area contributed by atoms with Gasteiger partial charge in [0.05, 0.1) is 37.2 Å². The van der Waals surface area contributed by atoms with Crippen LogP contribution >= 0.6 is 11.6 Å². The van der Waals surface area contributed by atoms with Gasteiger partial charge in [0, 0.05) is 40.5 Å². The molecule has 4 bridgehead atoms. The van der Waals surface area contributed by atoms with Gasteiger partial charge in [0.1, 0.15) is 40.7 Å². The molecule has 0 radical (unpaired) electrons. The molecule has 3 aliphatic heterocycles. The number of hydrogen-bond donors (Lipinski definition) is 7. The number of carbonyl (C=O) groups excluding carboxylic acids is 4. The van der Waals surface area contributed by atoms with Crippen molar-refractivity contribution in [2.45, 2.75) is 103 Å². The van der Waals surface area contributed by atoms with Gasteiger partial charge in [-0.1, -0.05) is 42.3 Å². The van der Waals surface area contributed by atoms with Crippen molar-refractivity contribution < 1.29 is 48.0 Å². The molecule has 3 heterocycles. The molecule has 0 saturated carbocycles. The molecule has 3 aliphatic rings. The first-order valence-corrected chi connectivity index (χ1v) is 19.4. The molecule has 1 aromatic rings. The van der Waals surface area contributed by atoms with E-state index in [-0.39, 0.29) is 35.7 Å². The molecule has 0 spiro atoms. The summed E-state index contributed by atoms with van der Waals surface area (Å²) in [7, 11) is 5.97. The van der Waals surface area contributed by atoms with E-state index >= 15 is 0 Å². The first-order valence-electron chi connectivity index (χ1n) is 19.1. The number of nitrogens with zero attached hydrogens (tertiary/aromatic N) is 5. The van der Waals surface area contributed by atoms with Crippen LogP contribution in [0.15, 0.2) is 51.2 Å². The number of hydrazone groups is 1. The van der Waals surface area contributed by atoms with E-state index in [1.165, 1.54) is 51.1 Å². The van der Waals surface area contributed by atoms with E-state index in [0.717, 1.165) is 11.1 Å². The molecule has 4 rings (SSSR count). The Labute approximate surface area is 359 Å². The summed E-state index contributed by atoms with van der Waals surface area (Å²) in [6.07, 6.45) is 2.34. The van der Waals surface area contributed by atoms with Crippen LogP contribution in [0.5, 0.6) is 5.75 Å². The number of nitrogens with one attached hydrogen (secondary N) is 3. The average molecular weight is 876 g/mol. The monoisotopic (exact) mass is 875 g/mol. The number of guanidine groups is 2. The number of benzene rings is 1. The quantitative estimate of drug-likeness (QED) is 0.0643. The fraction of sp³-hybridized carbons (Fsp3) is 0.538. The van der Waals surface area contributed by atoms with E-state index in [2.05, 4.69) is 26.0 Å². The van der Waals surface area contributed by atoms with Crippen molar-refractivity contribution in [3.05, 3.63) is 46.5 Å². The van der Waals surface area contributed by atoms with Crippen molar-refractivity contribution in [3.8, 4) is 5.75 Å². The smallest absolute Gasteiger partial charge is 0.409 e. The first kappa shape index (κ1) is 49.6. The van der Waals surface area contributed by atoms with Gasteiger partial charge in [0.25, 0.3) is 0 Å². The number of ether oxygens (including phenoxy) is 5. The predicted octanol–water partition coefficient (Wildman–Crippen LogP) is 1.64. The van der Waals surface area contributed by atoms with Crippen molar-refractivity contribution in [2.75, 3.05) is 33.2 Å². The molecule has 2 fully saturated rings. The number of methoxy groups -OCH3 is 2. The number of allylic oxidation sites excluding steroid dienone is 3. The van der Waals surface area contributed by atoms with Gasteiger partial charge in [0.2, 0.25) is 23.7 Å². The lowest BCUT2D eigenvalue weighted by Gasteiger charge is -2.42. The largest absolute Gasteiger partial charge is 0.495 e. The fourth-order valence-corrected chi connectivity index (χ4v) is 6.95. The van der Waals surface area contributed by atoms with Crippen LogP contribution in [0.2, 0.25) is 5.02 Å². The van der Waals surface area contributed by atoms with Crippen LogP contribution < -0.4 is 37.6 Å². The van der Waals surface area contributed by atoms with Gasteiger partial charge in [-0.05, 0) is 51.8 Å². The molecule has 3 amide bonds. The van der Waals surface area contributed by atoms with Crippen molar-refractivity contribution in [1.82, 2.24) is 15.6 Å². The van der Waals surface area contributed by atoms with E-state index in [0.29, 0.717) is 23.6 Å². The number of anilines is 1. The number of esters is 1. The summed E-state index contributed by atoms with van der Waals surface area (Å²) in [5.74, 6) is -2.02. The number of likely N-dealkylation sites (N-methyl/N-ethyl adjacent to an activating group) is 1. The topological polar surface area (TPSA) is 307 Å². The normalized spacial score (nSPS) is 28.5. The highest BCUT2D eigenvalue weighted by molar-refractivity contribution is 6.35. The lowest BCUT2D eigenvalue weighted by molar-refractivity contribution is -0.161. The number of fused-ring (bicyclic) bond motifs is 5. The molecule has 0 aromatic heterocycles. The van der Waals surface area contributed by atoms with Crippen LogP contribution in [-0.4, -0.2) is 128 Å². The number of nitrogens with two attached hydrogens (primary N) is 3. The zero-order valence-corrected chi connectivity index (χ0v) is 36.8. The number of carbonyl (C=O) groups is 4. The van der Waals surface area contributed by atoms with Gasteiger partial charge in [-0.15, -0.1) is 5.10 Å². The molecule has 8 atom stereocenters. The molecule has 2 saturated heterocycles. The van der Waals surface area contributed by atoms with Crippen molar-refractivity contribution in [2.24, 2.45) is 38.4 Å². The zero-order chi connectivity index (χ0) is 46.0. The van der Waals surface area contributed by atoms with E-state index in [1.54, 1.807) is 52.1 Å². The summed E-state index contributed by atoms with van der Waals surface area (Å²) >= 11 is 6.71. The van der Waals surface area contributed by atoms with E-state index in [4.69, 9.17) is 57.9 Å². The molecule has 10 N–H and O–H groups in total. The van der Waals surface area contributed by atoms with E-state index in [9.17, 15) is 24.3 Å². The Kier molecular flexibility index (Phi) is 17.2. The van der Waals surface area contributed by atoms with Crippen molar-refractivity contribution in [3.63, 3.8) is 0 Å². The highest BCUT2D eigenvalue weighted by Crippen LogP contribution is 2.49. The molecule has 21 nitrogen and oxygen atoms in total. The number of hydrogen-bond acceptors (Lipinski definition) is 14. The molecule has 336 valence electrons. The Morgan fingerprint density at radius 3 is 2.48 bits per heavy atom. The minimum absolute atomic E-state index is 0.0436. The number of alkyl carbamates (subject to hydrolysis) is 1. The third kappa shape index (κ3) is 13.1. The standard InChI is InChI=1S/C34H46ClN3O10.C5H12N8/c1-18-11-10-12-26(45-9)34(43)17-25(46-32(42)36-34)19(2)30-33(5,48-30)27(47-31(41)20(3)37(6)21(4)39)16-28(40)38(7)23-14-22(13-18)15-24(44-8)29(23)35;1-3(11-13-5(8)9)2-10-12-4(6)7/h10-12,14-15,19-20,25-27,30,43H,13,16-17H2,1-9H3,(H,36,42);2H,1H3,(H4,6,7,12)(H4,8,9,13)/b12-10-,18-11-;10-2+,11-3+/t19-,20+,25+,26-,27+,30+,33+,34+;/m1./s1. The van der Waals surface area contributed by atoms with E-state index < -0.39 is 65.7 Å². The maximum Gasteiger partial charge on any atom is 0.409 e. The molecule has 22 heteroatoms. The Morgan fingerprint density at radius 2 is 1.89 bits per heavy atom. The van der Waals surface area contributed by atoms with Crippen LogP contribution in [0.1, 0.15) is 59.9 Å². The van der Waals surface area contributed by atoms with E-state index in [1.807, 2.05) is 13.0 Å². The maximum absolute atomic E-state index is 14.0. The van der Waals surface area contributed by atoms with Crippen LogP contribution in [-0.2, 0) is 39.8 Å². The first-order chi connectivity index (χ1) is 28.5. The number of halogens is 1. The highest BCUT2D eigenvalue weighted by atomic mass is 35.5. The second-order valence-electron chi connectivity index (χ2n) is 15.1. The highest BCUT2D eigenvalue weighted by Gasteiger charge is 2.64. The summed E-state index contributed by atoms with van der Waals surface area (Å²) < 4.78 is 28.9. The lowest BCUT2D eigenvalue weighted by atomic mass is 9.83. The second kappa shape index (κ2) is 21.2. The lowest BCUT2D eigenvalue weighted by Crippen LogP contribution is -2.63. The van der Waals surface area contributed by atoms with Gasteiger partial charge in [-0.25, -0.2) is 15.0 Å². The Balaban J connectivity index is 0.000000657. The fourth-order valence-electron chi connectivity index (χ4n) is 6.63. The summed E-state index contributed by atoms with van der Waals surface area (Å²) in [5.41, 5.74) is 16.8. The molecule has 1 aromatic carbocycles. The average Bonchev–Trinajstić information content (AvgIpc) is 3.89. The molecular formula is C39H58ClN11O10. The molecule has 0 aliphatic carbocycles. The molecule has 0 unspecified atom stereocenters. The van der Waals surface area contributed by atoms with Gasteiger partial charge in [-0.3, -0.25) is 20.3 Å². The SMILES string of the molecule is CC(/C=N/NC(=N)N)=N\N=C(N)N.COc1cc2cc(c1Cl)N(C)C(=O)C[C@H](OC(=O)[C@H](C)N(C)C(C)=O)[C@]1(C)O[C@H]1[C@H](C)[C@@H]1C[C@@](O)(NC(=O)O1)[C@H](OC)/C=C\C=C(\C)C2. The van der Waals surface area contributed by atoms with Crippen LogP contribution in [0, 0.1) is 11.3 Å². The maximum atomic E-state index is 14.0. The van der Waals surface area contributed by atoms with Crippen LogP contribution in [0.25, 0.3) is 0 Å². The van der Waals surface area contributed by atoms with Gasteiger partial charge >= 0.3 is 12.1 Å². The third-order valence-electron chi connectivity index (χ3n) is 10.4. The Bertz CT molecular complexity index is 1970. The minimum atomic E-state index is -1.81. The Hall–Kier alpha value is -5.77. The summed E-state index contributed by atoms with van der Waals surface area (Å²) in [6, 6.07) is 2.63. The van der Waals surface area contributed by atoms with Crippen LogP contribution in [0.3, 0.4) is 0 Å². The van der Waals surface area contributed by atoms with Crippen LogP contribution in [0.4, 0.5) is 10.5 Å². The summed E-state index contributed by atoms with van der Waals surface area (Å²) in [5, 5.41) is 31.6. The minimum Gasteiger partial charge on any atom is -0.495 e. The second-order valence-corrected chi connectivity index (χ2v) is 15.5. The number of epoxide rings is 1. The van der Waals surface area contributed by atoms with Crippen molar-refractivity contribution >= 4 is 65.0 Å². The Morgan fingerprint density at radius 1 is 1.21 bits per heavy atom. The number of rotatable bonds is 8. The summed E-state index contributed by atoms with van der Waals surface area (Å²) in [6.45, 7) is 9.92. The predicted molar refractivity (Wildman–Crippen MR) is 229 cm³/mol. The number of amides is 3. The third-order valence-corrected chi connectivity index (χ3v) is 10.8. The number of aliphatic hydroxyl groups is 1. The van der Waals surface area contributed by atoms with Gasteiger partial charge in [-0.2, -0.15) is 10.2 Å². The van der Waals surface area contributed by atoms with Gasteiger partial charge < -0.3 is 55.8 Å². The van der Waals surface area contributed by atoms with Gasteiger partial charge in [0.15, 0.2) is 5.72 Å².